The highest BCUT2D eigenvalue weighted by Gasteiger charge is 2.61. The Morgan fingerprint density at radius 3 is 2.41 bits per heavy atom. The molecule has 1 heterocycles. The second-order valence-electron chi connectivity index (χ2n) is 5.42. The van der Waals surface area contributed by atoms with Gasteiger partial charge in [-0.15, -0.1) is 0 Å². The summed E-state index contributed by atoms with van der Waals surface area (Å²) >= 11 is 0. The predicted octanol–water partition coefficient (Wildman–Crippen LogP) is 1.76. The van der Waals surface area contributed by atoms with Crippen LogP contribution in [0.15, 0.2) is 18.2 Å². The van der Waals surface area contributed by atoms with E-state index < -0.39 is 0 Å². The fourth-order valence-electron chi connectivity index (χ4n) is 2.84. The molecule has 2 N–H and O–H groups in total. The average Bonchev–Trinajstić information content (AvgIpc) is 2.96. The molecule has 1 aliphatic heterocycles. The summed E-state index contributed by atoms with van der Waals surface area (Å²) in [5.41, 5.74) is 8.91. The van der Waals surface area contributed by atoms with Crippen LogP contribution >= 0.6 is 0 Å². The van der Waals surface area contributed by atoms with Crippen LogP contribution in [-0.2, 0) is 10.2 Å². The zero-order chi connectivity index (χ0) is 12.1. The molecule has 2 fully saturated rings. The van der Waals surface area contributed by atoms with Gasteiger partial charge in [0.05, 0.1) is 25.7 Å². The lowest BCUT2D eigenvalue weighted by molar-refractivity contribution is -0.0786. The number of hydrogen-bond acceptors (Lipinski definition) is 3. The van der Waals surface area contributed by atoms with Crippen LogP contribution < -0.4 is 10.5 Å². The minimum absolute atomic E-state index is 0.0354. The third kappa shape index (κ3) is 1.42. The molecule has 17 heavy (non-hydrogen) atoms. The van der Waals surface area contributed by atoms with Crippen molar-refractivity contribution in [1.29, 1.82) is 0 Å². The van der Waals surface area contributed by atoms with Gasteiger partial charge in [0.25, 0.3) is 0 Å². The molecule has 0 unspecified atom stereocenters. The summed E-state index contributed by atoms with van der Waals surface area (Å²) in [6.07, 6.45) is 2.23. The molecule has 1 saturated heterocycles. The number of hydrogen-bond donors (Lipinski definition) is 1. The van der Waals surface area contributed by atoms with E-state index in [1.165, 1.54) is 11.1 Å². The molecule has 1 aromatic rings. The molecular weight excluding hydrogens is 214 g/mol. The Bertz CT molecular complexity index is 448. The molecule has 0 spiro atoms. The minimum Gasteiger partial charge on any atom is -0.496 e. The normalized spacial score (nSPS) is 23.9. The van der Waals surface area contributed by atoms with Crippen molar-refractivity contribution in [2.45, 2.75) is 30.7 Å². The third-order valence-electron chi connectivity index (χ3n) is 4.39. The zero-order valence-corrected chi connectivity index (χ0v) is 10.5. The molecule has 92 valence electrons. The van der Waals surface area contributed by atoms with Gasteiger partial charge in [-0.1, -0.05) is 12.1 Å². The smallest absolute Gasteiger partial charge is 0.121 e. The van der Waals surface area contributed by atoms with Crippen LogP contribution in [0.5, 0.6) is 5.75 Å². The van der Waals surface area contributed by atoms with Crippen molar-refractivity contribution in [3.63, 3.8) is 0 Å². The van der Waals surface area contributed by atoms with Crippen molar-refractivity contribution < 1.29 is 9.47 Å². The van der Waals surface area contributed by atoms with E-state index in [2.05, 4.69) is 19.1 Å². The van der Waals surface area contributed by atoms with E-state index in [9.17, 15) is 0 Å². The van der Waals surface area contributed by atoms with Crippen molar-refractivity contribution >= 4 is 0 Å². The van der Waals surface area contributed by atoms with Crippen molar-refractivity contribution in [3.05, 3.63) is 29.3 Å². The van der Waals surface area contributed by atoms with Gasteiger partial charge in [-0.25, -0.2) is 0 Å². The quantitative estimate of drug-likeness (QED) is 0.865. The largest absolute Gasteiger partial charge is 0.496 e. The molecule has 0 bridgehead atoms. The Hall–Kier alpha value is -1.06. The van der Waals surface area contributed by atoms with Gasteiger partial charge in [-0.2, -0.15) is 0 Å². The first kappa shape index (κ1) is 11.1. The Morgan fingerprint density at radius 1 is 1.29 bits per heavy atom. The number of ether oxygens (including phenoxy) is 2. The number of nitrogens with two attached hydrogens (primary N) is 1. The maximum atomic E-state index is 6.43. The van der Waals surface area contributed by atoms with Crippen LogP contribution in [0.4, 0.5) is 0 Å². The van der Waals surface area contributed by atoms with E-state index in [4.69, 9.17) is 15.2 Å². The lowest BCUT2D eigenvalue weighted by atomic mass is 9.70. The number of methoxy groups -OCH3 is 1. The maximum Gasteiger partial charge on any atom is 0.121 e. The summed E-state index contributed by atoms with van der Waals surface area (Å²) in [6, 6.07) is 6.38. The molecule has 2 aliphatic rings. The molecule has 0 radical (unpaired) electrons. The van der Waals surface area contributed by atoms with Gasteiger partial charge in [-0.3, -0.25) is 0 Å². The van der Waals surface area contributed by atoms with Gasteiger partial charge in [0, 0.05) is 5.54 Å². The maximum absolute atomic E-state index is 6.43. The lowest BCUT2D eigenvalue weighted by Gasteiger charge is -2.47. The van der Waals surface area contributed by atoms with Crippen LogP contribution in [0.3, 0.4) is 0 Å². The van der Waals surface area contributed by atoms with E-state index in [-0.39, 0.29) is 11.0 Å². The van der Waals surface area contributed by atoms with E-state index in [1.807, 2.05) is 6.07 Å². The monoisotopic (exact) mass is 233 g/mol. The summed E-state index contributed by atoms with van der Waals surface area (Å²) in [5, 5.41) is 0. The first-order valence-corrected chi connectivity index (χ1v) is 6.13. The molecule has 0 aromatic heterocycles. The lowest BCUT2D eigenvalue weighted by Crippen LogP contribution is -2.60. The van der Waals surface area contributed by atoms with Crippen molar-refractivity contribution in [3.8, 4) is 5.75 Å². The van der Waals surface area contributed by atoms with Crippen molar-refractivity contribution in [1.82, 2.24) is 0 Å². The fourth-order valence-corrected chi connectivity index (χ4v) is 2.84. The van der Waals surface area contributed by atoms with Crippen molar-refractivity contribution in [2.75, 3.05) is 20.3 Å². The van der Waals surface area contributed by atoms with Gasteiger partial charge >= 0.3 is 0 Å². The van der Waals surface area contributed by atoms with E-state index in [0.29, 0.717) is 0 Å². The summed E-state index contributed by atoms with van der Waals surface area (Å²) in [6.45, 7) is 3.59. The number of benzene rings is 1. The zero-order valence-electron chi connectivity index (χ0n) is 10.5. The van der Waals surface area contributed by atoms with E-state index >= 15 is 0 Å². The van der Waals surface area contributed by atoms with Gasteiger partial charge < -0.3 is 15.2 Å². The number of rotatable bonds is 3. The molecule has 1 saturated carbocycles. The van der Waals surface area contributed by atoms with Crippen molar-refractivity contribution in [2.24, 2.45) is 5.73 Å². The minimum atomic E-state index is -0.0354. The van der Waals surface area contributed by atoms with E-state index in [0.717, 1.165) is 31.8 Å². The molecule has 1 aliphatic carbocycles. The highest BCUT2D eigenvalue weighted by atomic mass is 16.5. The van der Waals surface area contributed by atoms with Crippen LogP contribution in [0, 0.1) is 6.92 Å². The highest BCUT2D eigenvalue weighted by molar-refractivity contribution is 5.44. The topological polar surface area (TPSA) is 44.5 Å². The first-order chi connectivity index (χ1) is 8.11. The summed E-state index contributed by atoms with van der Waals surface area (Å²) < 4.78 is 10.7. The second-order valence-corrected chi connectivity index (χ2v) is 5.42. The Kier molecular flexibility index (Phi) is 2.25. The molecular formula is C14H19NO2. The molecule has 3 heteroatoms. The average molecular weight is 233 g/mol. The SMILES string of the molecule is COc1ccc(C2(C3(N)CC3)COC2)cc1C. The Balaban J connectivity index is 2.00. The van der Waals surface area contributed by atoms with E-state index in [1.54, 1.807) is 7.11 Å². The summed E-state index contributed by atoms with van der Waals surface area (Å²) in [5.74, 6) is 0.936. The third-order valence-corrected chi connectivity index (χ3v) is 4.39. The van der Waals surface area contributed by atoms with Gasteiger partial charge in [0.15, 0.2) is 0 Å². The molecule has 0 amide bonds. The molecule has 0 atom stereocenters. The first-order valence-electron chi connectivity index (χ1n) is 6.13. The van der Waals surface area contributed by atoms with Gasteiger partial charge in [-0.05, 0) is 37.0 Å². The molecule has 3 rings (SSSR count). The predicted molar refractivity (Wildman–Crippen MR) is 66.4 cm³/mol. The number of aryl methyl sites for hydroxylation is 1. The Morgan fingerprint density at radius 2 is 2.00 bits per heavy atom. The standard InChI is InChI=1S/C14H19NO2/c1-10-7-11(3-4-12(10)16-2)13(8-17-9-13)14(15)5-6-14/h3-4,7H,5-6,8-9,15H2,1-2H3. The van der Waals surface area contributed by atoms with Crippen LogP contribution in [-0.4, -0.2) is 25.9 Å². The Labute approximate surface area is 102 Å². The highest BCUT2D eigenvalue weighted by Crippen LogP contribution is 2.53. The summed E-state index contributed by atoms with van der Waals surface area (Å²) in [4.78, 5) is 0. The molecule has 1 aromatic carbocycles. The van der Waals surface area contributed by atoms with Gasteiger partial charge in [0.2, 0.25) is 0 Å². The second kappa shape index (κ2) is 3.47. The van der Waals surface area contributed by atoms with Crippen LogP contribution in [0.1, 0.15) is 24.0 Å². The fraction of sp³-hybridized carbons (Fsp3) is 0.571. The van der Waals surface area contributed by atoms with Crippen LogP contribution in [0.2, 0.25) is 0 Å². The molecule has 3 nitrogen and oxygen atoms in total. The van der Waals surface area contributed by atoms with Crippen LogP contribution in [0.25, 0.3) is 0 Å². The summed E-state index contributed by atoms with van der Waals surface area (Å²) in [7, 11) is 1.70. The van der Waals surface area contributed by atoms with Gasteiger partial charge in [0.1, 0.15) is 5.75 Å².